The van der Waals surface area contributed by atoms with Crippen LogP contribution in [-0.4, -0.2) is 35.7 Å². The first-order valence-corrected chi connectivity index (χ1v) is 6.25. The van der Waals surface area contributed by atoms with Crippen LogP contribution < -0.4 is 5.73 Å². The molecule has 1 fully saturated rings. The van der Waals surface area contributed by atoms with Crippen molar-refractivity contribution in [2.24, 2.45) is 5.73 Å². The Bertz CT molecular complexity index is 391. The monoisotopic (exact) mass is 250 g/mol. The summed E-state index contributed by atoms with van der Waals surface area (Å²) >= 11 is 4.98. The number of nitrogens with zero attached hydrogens (tertiary/aromatic N) is 1. The molecule has 1 saturated heterocycles. The summed E-state index contributed by atoms with van der Waals surface area (Å²) in [5.41, 5.74) is 8.23. The second-order valence-corrected chi connectivity index (χ2v) is 4.95. The van der Waals surface area contributed by atoms with E-state index in [1.807, 2.05) is 0 Å². The Morgan fingerprint density at radius 1 is 1.47 bits per heavy atom. The van der Waals surface area contributed by atoms with Crippen LogP contribution in [0.1, 0.15) is 11.1 Å². The van der Waals surface area contributed by atoms with Crippen molar-refractivity contribution in [1.82, 2.24) is 4.90 Å². The molecule has 3 nitrogen and oxygen atoms in total. The lowest BCUT2D eigenvalue weighted by Crippen LogP contribution is -2.47. The van der Waals surface area contributed by atoms with E-state index in [1.54, 1.807) is 0 Å². The average Bonchev–Trinajstić information content (AvgIpc) is 2.32. The highest BCUT2D eigenvalue weighted by Crippen LogP contribution is 2.11. The maximum absolute atomic E-state index is 5.62. The first kappa shape index (κ1) is 12.5. The quantitative estimate of drug-likeness (QED) is 0.825. The molecule has 0 aromatic heterocycles. The summed E-state index contributed by atoms with van der Waals surface area (Å²) in [6, 6.07) is 8.61. The normalized spacial score (nSPS) is 21.4. The first-order chi connectivity index (χ1) is 8.15. The minimum atomic E-state index is -0.0933. The van der Waals surface area contributed by atoms with E-state index < -0.39 is 0 Å². The van der Waals surface area contributed by atoms with Crippen molar-refractivity contribution in [1.29, 1.82) is 0 Å². The fraction of sp³-hybridized carbons (Fsp3) is 0.462. The van der Waals surface area contributed by atoms with Crippen molar-refractivity contribution in [3.63, 3.8) is 0 Å². The van der Waals surface area contributed by atoms with Gasteiger partial charge in [0.05, 0.1) is 6.61 Å². The minimum Gasteiger partial charge on any atom is -0.391 e. The molecule has 2 N–H and O–H groups in total. The number of rotatable bonds is 3. The molecule has 17 heavy (non-hydrogen) atoms. The van der Waals surface area contributed by atoms with Crippen molar-refractivity contribution < 1.29 is 4.74 Å². The maximum Gasteiger partial charge on any atom is 0.120 e. The van der Waals surface area contributed by atoms with Gasteiger partial charge in [0.15, 0.2) is 0 Å². The predicted molar refractivity (Wildman–Crippen MR) is 73.0 cm³/mol. The molecule has 1 aliphatic rings. The van der Waals surface area contributed by atoms with E-state index in [0.717, 1.165) is 19.6 Å². The lowest BCUT2D eigenvalue weighted by Gasteiger charge is -2.32. The molecule has 0 spiro atoms. The van der Waals surface area contributed by atoms with E-state index in [1.165, 1.54) is 11.1 Å². The van der Waals surface area contributed by atoms with Gasteiger partial charge in [-0.15, -0.1) is 0 Å². The lowest BCUT2D eigenvalue weighted by atomic mass is 10.1. The zero-order valence-corrected chi connectivity index (χ0v) is 10.9. The summed E-state index contributed by atoms with van der Waals surface area (Å²) < 4.78 is 5.52. The second kappa shape index (κ2) is 5.58. The SMILES string of the molecule is Cc1ccc(CN2CCOC(C(N)=S)C2)cc1. The van der Waals surface area contributed by atoms with Crippen molar-refractivity contribution in [3.05, 3.63) is 35.4 Å². The second-order valence-electron chi connectivity index (χ2n) is 4.48. The third-order valence-electron chi connectivity index (χ3n) is 2.99. The van der Waals surface area contributed by atoms with Gasteiger partial charge in [-0.25, -0.2) is 0 Å². The van der Waals surface area contributed by atoms with Gasteiger partial charge in [0.25, 0.3) is 0 Å². The fourth-order valence-corrected chi connectivity index (χ4v) is 2.11. The number of ether oxygens (including phenoxy) is 1. The average molecular weight is 250 g/mol. The number of thiocarbonyl (C=S) groups is 1. The number of nitrogens with two attached hydrogens (primary N) is 1. The van der Waals surface area contributed by atoms with Crippen molar-refractivity contribution in [2.75, 3.05) is 19.7 Å². The topological polar surface area (TPSA) is 38.5 Å². The maximum atomic E-state index is 5.62. The molecule has 1 aromatic carbocycles. The van der Waals surface area contributed by atoms with Gasteiger partial charge in [0, 0.05) is 19.6 Å². The van der Waals surface area contributed by atoms with Crippen LogP contribution in [0.3, 0.4) is 0 Å². The van der Waals surface area contributed by atoms with E-state index in [4.69, 9.17) is 22.7 Å². The van der Waals surface area contributed by atoms with Crippen molar-refractivity contribution in [2.45, 2.75) is 19.6 Å². The van der Waals surface area contributed by atoms with Gasteiger partial charge >= 0.3 is 0 Å². The standard InChI is InChI=1S/C13H18N2OS/c1-10-2-4-11(5-3-10)8-15-6-7-16-12(9-15)13(14)17/h2-5,12H,6-9H2,1H3,(H2,14,17). The first-order valence-electron chi connectivity index (χ1n) is 5.84. The molecule has 0 bridgehead atoms. The Balaban J connectivity index is 1.94. The van der Waals surface area contributed by atoms with Crippen molar-refractivity contribution >= 4 is 17.2 Å². The molecule has 2 rings (SSSR count). The number of aryl methyl sites for hydroxylation is 1. The molecular formula is C13H18N2OS. The highest BCUT2D eigenvalue weighted by atomic mass is 32.1. The smallest absolute Gasteiger partial charge is 0.120 e. The number of morpholine rings is 1. The van der Waals surface area contributed by atoms with Gasteiger partial charge < -0.3 is 10.5 Å². The molecule has 0 saturated carbocycles. The third-order valence-corrected chi connectivity index (χ3v) is 3.26. The Morgan fingerprint density at radius 3 is 2.82 bits per heavy atom. The summed E-state index contributed by atoms with van der Waals surface area (Å²) in [5.74, 6) is 0. The van der Waals surface area contributed by atoms with Crippen LogP contribution in [0.15, 0.2) is 24.3 Å². The van der Waals surface area contributed by atoms with Gasteiger partial charge in [-0.1, -0.05) is 42.0 Å². The van der Waals surface area contributed by atoms with E-state index in [9.17, 15) is 0 Å². The highest BCUT2D eigenvalue weighted by molar-refractivity contribution is 7.80. The summed E-state index contributed by atoms with van der Waals surface area (Å²) in [5, 5.41) is 0. The van der Waals surface area contributed by atoms with Crippen molar-refractivity contribution in [3.8, 4) is 0 Å². The Morgan fingerprint density at radius 2 is 2.18 bits per heavy atom. The number of hydrogen-bond donors (Lipinski definition) is 1. The number of benzene rings is 1. The summed E-state index contributed by atoms with van der Waals surface area (Å²) in [4.78, 5) is 2.79. The van der Waals surface area contributed by atoms with Crippen LogP contribution in [-0.2, 0) is 11.3 Å². The molecular weight excluding hydrogens is 232 g/mol. The van der Waals surface area contributed by atoms with Crippen LogP contribution in [0.5, 0.6) is 0 Å². The lowest BCUT2D eigenvalue weighted by molar-refractivity contribution is 0.00391. The van der Waals surface area contributed by atoms with Gasteiger partial charge in [-0.2, -0.15) is 0 Å². The zero-order valence-electron chi connectivity index (χ0n) is 10.1. The predicted octanol–water partition coefficient (Wildman–Crippen LogP) is 1.48. The van der Waals surface area contributed by atoms with Crippen LogP contribution >= 0.6 is 12.2 Å². The minimum absolute atomic E-state index is 0.0933. The third kappa shape index (κ3) is 3.49. The fourth-order valence-electron chi connectivity index (χ4n) is 1.97. The molecule has 0 amide bonds. The molecule has 4 heteroatoms. The van der Waals surface area contributed by atoms with E-state index in [0.29, 0.717) is 11.6 Å². The Labute approximate surface area is 108 Å². The van der Waals surface area contributed by atoms with Gasteiger partial charge in [-0.05, 0) is 12.5 Å². The summed E-state index contributed by atoms with van der Waals surface area (Å²) in [6.45, 7) is 5.47. The van der Waals surface area contributed by atoms with Crippen LogP contribution in [0.25, 0.3) is 0 Å². The molecule has 0 aliphatic carbocycles. The van der Waals surface area contributed by atoms with Crippen LogP contribution in [0.4, 0.5) is 0 Å². The summed E-state index contributed by atoms with van der Waals surface area (Å²) in [6.07, 6.45) is -0.0933. The molecule has 1 heterocycles. The van der Waals surface area contributed by atoms with Gasteiger partial charge in [0.1, 0.15) is 11.1 Å². The number of hydrogen-bond acceptors (Lipinski definition) is 3. The van der Waals surface area contributed by atoms with Crippen LogP contribution in [0, 0.1) is 6.92 Å². The highest BCUT2D eigenvalue weighted by Gasteiger charge is 2.22. The van der Waals surface area contributed by atoms with Crippen LogP contribution in [0.2, 0.25) is 0 Å². The summed E-state index contributed by atoms with van der Waals surface area (Å²) in [7, 11) is 0. The molecule has 1 unspecified atom stereocenters. The molecule has 92 valence electrons. The largest absolute Gasteiger partial charge is 0.391 e. The van der Waals surface area contributed by atoms with E-state index in [2.05, 4.69) is 36.1 Å². The Hall–Kier alpha value is -0.970. The molecule has 1 atom stereocenters. The van der Waals surface area contributed by atoms with Gasteiger partial charge in [0.2, 0.25) is 0 Å². The molecule has 1 aromatic rings. The Kier molecular flexibility index (Phi) is 4.10. The molecule has 0 radical (unpaired) electrons. The zero-order chi connectivity index (χ0) is 12.3. The van der Waals surface area contributed by atoms with E-state index >= 15 is 0 Å². The van der Waals surface area contributed by atoms with Gasteiger partial charge in [-0.3, -0.25) is 4.90 Å². The molecule has 1 aliphatic heterocycles. The van der Waals surface area contributed by atoms with E-state index in [-0.39, 0.29) is 6.10 Å².